The van der Waals surface area contributed by atoms with Crippen LogP contribution in [0.4, 0.5) is 4.79 Å². The van der Waals surface area contributed by atoms with Gasteiger partial charge in [0.05, 0.1) is 19.3 Å². The van der Waals surface area contributed by atoms with Crippen molar-refractivity contribution in [2.45, 2.75) is 38.6 Å². The van der Waals surface area contributed by atoms with Crippen molar-refractivity contribution in [3.8, 4) is 5.75 Å². The molecule has 0 bridgehead atoms. The average Bonchev–Trinajstić information content (AvgIpc) is 3.39. The van der Waals surface area contributed by atoms with E-state index in [-0.39, 0.29) is 12.6 Å². The maximum absolute atomic E-state index is 12.0. The molecule has 128 valence electrons. The molecule has 1 aliphatic carbocycles. The van der Waals surface area contributed by atoms with Crippen LogP contribution >= 0.6 is 0 Å². The number of nitrogens with one attached hydrogen (secondary N) is 2. The molecule has 23 heavy (non-hydrogen) atoms. The molecule has 0 aliphatic heterocycles. The number of benzene rings is 1. The number of aliphatic hydroxyl groups excluding tert-OH is 1. The van der Waals surface area contributed by atoms with Crippen molar-refractivity contribution in [3.63, 3.8) is 0 Å². The van der Waals surface area contributed by atoms with Crippen LogP contribution in [0.2, 0.25) is 0 Å². The van der Waals surface area contributed by atoms with Gasteiger partial charge in [0.15, 0.2) is 0 Å². The smallest absolute Gasteiger partial charge is 0.315 e. The predicted molar refractivity (Wildman–Crippen MR) is 90.6 cm³/mol. The zero-order chi connectivity index (χ0) is 16.9. The van der Waals surface area contributed by atoms with Crippen molar-refractivity contribution in [2.75, 3.05) is 20.3 Å². The Morgan fingerprint density at radius 2 is 2.04 bits per heavy atom. The fourth-order valence-electron chi connectivity index (χ4n) is 2.80. The summed E-state index contributed by atoms with van der Waals surface area (Å²) in [6.45, 7) is 4.60. The fourth-order valence-corrected chi connectivity index (χ4v) is 2.80. The number of aliphatic hydroxyl groups is 1. The summed E-state index contributed by atoms with van der Waals surface area (Å²) in [7, 11) is 1.65. The lowest BCUT2D eigenvalue weighted by Gasteiger charge is -2.29. The highest BCUT2D eigenvalue weighted by Gasteiger charge is 2.42. The van der Waals surface area contributed by atoms with Crippen LogP contribution in [-0.2, 0) is 6.42 Å². The van der Waals surface area contributed by atoms with Gasteiger partial charge in [0.25, 0.3) is 0 Å². The highest BCUT2D eigenvalue weighted by atomic mass is 16.5. The van der Waals surface area contributed by atoms with Crippen LogP contribution in [0.3, 0.4) is 0 Å². The lowest BCUT2D eigenvalue weighted by molar-refractivity contribution is 0.155. The number of hydrogen-bond donors (Lipinski definition) is 3. The van der Waals surface area contributed by atoms with Gasteiger partial charge in [-0.1, -0.05) is 19.1 Å². The first-order valence-electron chi connectivity index (χ1n) is 8.26. The third-order valence-corrected chi connectivity index (χ3v) is 4.56. The lowest BCUT2D eigenvalue weighted by Crippen LogP contribution is -2.54. The first-order chi connectivity index (χ1) is 11.0. The van der Waals surface area contributed by atoms with Crippen molar-refractivity contribution in [1.82, 2.24) is 10.6 Å². The van der Waals surface area contributed by atoms with E-state index in [9.17, 15) is 9.90 Å². The largest absolute Gasteiger partial charge is 0.497 e. The summed E-state index contributed by atoms with van der Waals surface area (Å²) < 4.78 is 5.15. The van der Waals surface area contributed by atoms with Crippen molar-refractivity contribution in [1.29, 1.82) is 0 Å². The van der Waals surface area contributed by atoms with Crippen molar-refractivity contribution >= 4 is 6.03 Å². The molecule has 0 heterocycles. The molecule has 2 unspecified atom stereocenters. The molecular formula is C18H28N2O3. The van der Waals surface area contributed by atoms with Gasteiger partial charge in [0, 0.05) is 6.54 Å². The summed E-state index contributed by atoms with van der Waals surface area (Å²) >= 11 is 0. The molecule has 1 fully saturated rings. The maximum Gasteiger partial charge on any atom is 0.315 e. The van der Waals surface area contributed by atoms with Crippen molar-refractivity contribution < 1.29 is 14.6 Å². The predicted octanol–water partition coefficient (Wildman–Crippen LogP) is 2.33. The number of carbonyl (C=O) groups is 1. The van der Waals surface area contributed by atoms with Gasteiger partial charge in [-0.3, -0.25) is 0 Å². The first kappa shape index (κ1) is 17.6. The van der Waals surface area contributed by atoms with E-state index in [1.54, 1.807) is 7.11 Å². The number of amides is 2. The number of rotatable bonds is 8. The molecule has 5 nitrogen and oxygen atoms in total. The van der Waals surface area contributed by atoms with Crippen molar-refractivity contribution in [2.24, 2.45) is 11.8 Å². The average molecular weight is 320 g/mol. The molecule has 1 saturated carbocycles. The van der Waals surface area contributed by atoms with E-state index in [1.807, 2.05) is 31.2 Å². The highest BCUT2D eigenvalue weighted by molar-refractivity contribution is 5.74. The topological polar surface area (TPSA) is 70.6 Å². The van der Waals surface area contributed by atoms with Crippen molar-refractivity contribution in [3.05, 3.63) is 29.8 Å². The van der Waals surface area contributed by atoms with Crippen LogP contribution in [-0.4, -0.2) is 36.9 Å². The molecule has 0 spiro atoms. The maximum atomic E-state index is 12.0. The molecule has 1 aromatic rings. The van der Waals surface area contributed by atoms with Gasteiger partial charge in [0.1, 0.15) is 5.75 Å². The lowest BCUT2D eigenvalue weighted by atomic mass is 9.97. The third kappa shape index (κ3) is 5.13. The SMILES string of the molecule is COc1ccc(CC(C)CNC(=O)NC(C)(CO)C2CC2)cc1. The quantitative estimate of drug-likeness (QED) is 0.688. The van der Waals surface area contributed by atoms with Crippen LogP contribution < -0.4 is 15.4 Å². The molecule has 2 atom stereocenters. The van der Waals surface area contributed by atoms with E-state index in [0.717, 1.165) is 25.0 Å². The van der Waals surface area contributed by atoms with Crippen LogP contribution in [0.15, 0.2) is 24.3 Å². The van der Waals surface area contributed by atoms with Crippen LogP contribution in [0.1, 0.15) is 32.3 Å². The molecule has 2 rings (SSSR count). The van der Waals surface area contributed by atoms with E-state index in [0.29, 0.717) is 18.4 Å². The summed E-state index contributed by atoms with van der Waals surface area (Å²) in [6.07, 6.45) is 3.04. The van der Waals surface area contributed by atoms with Gasteiger partial charge in [-0.15, -0.1) is 0 Å². The minimum Gasteiger partial charge on any atom is -0.497 e. The number of ether oxygens (including phenoxy) is 1. The van der Waals surface area contributed by atoms with E-state index in [4.69, 9.17) is 4.74 Å². The molecule has 3 N–H and O–H groups in total. The van der Waals surface area contributed by atoms with Crippen LogP contribution in [0.25, 0.3) is 0 Å². The summed E-state index contributed by atoms with van der Waals surface area (Å²) in [5, 5.41) is 15.3. The van der Waals surface area contributed by atoms with Gasteiger partial charge in [-0.2, -0.15) is 0 Å². The Labute approximate surface area is 138 Å². The molecule has 2 amide bonds. The molecular weight excluding hydrogens is 292 g/mol. The number of urea groups is 1. The molecule has 0 radical (unpaired) electrons. The molecule has 1 aromatic carbocycles. The Morgan fingerprint density at radius 3 is 2.57 bits per heavy atom. The van der Waals surface area contributed by atoms with E-state index in [1.165, 1.54) is 5.56 Å². The Hall–Kier alpha value is -1.75. The standard InChI is InChI=1S/C18H28N2O3/c1-13(10-14-4-8-16(23-3)9-5-14)11-19-17(22)20-18(2,12-21)15-6-7-15/h4-5,8-9,13,15,21H,6-7,10-12H2,1-3H3,(H2,19,20,22). The number of hydrogen-bond acceptors (Lipinski definition) is 3. The fraction of sp³-hybridized carbons (Fsp3) is 0.611. The normalized spacial score (nSPS) is 17.9. The second-order valence-corrected chi connectivity index (χ2v) is 6.84. The molecule has 0 aromatic heterocycles. The van der Waals surface area contributed by atoms with Gasteiger partial charge in [-0.25, -0.2) is 4.79 Å². The second kappa shape index (κ2) is 7.68. The molecule has 5 heteroatoms. The Morgan fingerprint density at radius 1 is 1.39 bits per heavy atom. The van der Waals surface area contributed by atoms with Gasteiger partial charge >= 0.3 is 6.03 Å². The minimum absolute atomic E-state index is 0.0213. The third-order valence-electron chi connectivity index (χ3n) is 4.56. The minimum atomic E-state index is -0.497. The zero-order valence-corrected chi connectivity index (χ0v) is 14.3. The summed E-state index contributed by atoms with van der Waals surface area (Å²) in [5.74, 6) is 1.58. The van der Waals surface area contributed by atoms with E-state index >= 15 is 0 Å². The van der Waals surface area contributed by atoms with Gasteiger partial charge in [0.2, 0.25) is 0 Å². The second-order valence-electron chi connectivity index (χ2n) is 6.84. The molecule has 0 saturated heterocycles. The monoisotopic (exact) mass is 320 g/mol. The van der Waals surface area contributed by atoms with Gasteiger partial charge < -0.3 is 20.5 Å². The first-order valence-corrected chi connectivity index (χ1v) is 8.26. The van der Waals surface area contributed by atoms with Gasteiger partial charge in [-0.05, 0) is 55.7 Å². The zero-order valence-electron chi connectivity index (χ0n) is 14.3. The summed E-state index contributed by atoms with van der Waals surface area (Å²) in [4.78, 5) is 12.0. The number of methoxy groups -OCH3 is 1. The van der Waals surface area contributed by atoms with Crippen LogP contribution in [0.5, 0.6) is 5.75 Å². The van der Waals surface area contributed by atoms with E-state index in [2.05, 4.69) is 17.6 Å². The molecule has 1 aliphatic rings. The highest BCUT2D eigenvalue weighted by Crippen LogP contribution is 2.39. The van der Waals surface area contributed by atoms with Crippen LogP contribution in [0, 0.1) is 11.8 Å². The summed E-state index contributed by atoms with van der Waals surface area (Å²) in [5.41, 5.74) is 0.724. The Kier molecular flexibility index (Phi) is 5.88. The number of carbonyl (C=O) groups excluding carboxylic acids is 1. The Balaban J connectivity index is 1.74. The van der Waals surface area contributed by atoms with E-state index < -0.39 is 5.54 Å². The Bertz CT molecular complexity index is 514. The summed E-state index contributed by atoms with van der Waals surface area (Å²) in [6, 6.07) is 7.79.